The summed E-state index contributed by atoms with van der Waals surface area (Å²) in [5, 5.41) is 1.14. The summed E-state index contributed by atoms with van der Waals surface area (Å²) in [5.41, 5.74) is 3.18. The van der Waals surface area contributed by atoms with E-state index in [1.165, 1.54) is 6.07 Å². The average molecular weight is 350 g/mol. The lowest BCUT2D eigenvalue weighted by Gasteiger charge is -2.25. The Labute approximate surface area is 153 Å². The zero-order chi connectivity index (χ0) is 18.1. The van der Waals surface area contributed by atoms with Crippen LogP contribution in [0.4, 0.5) is 4.39 Å². The fourth-order valence-electron chi connectivity index (χ4n) is 4.14. The molecule has 0 spiro atoms. The lowest BCUT2D eigenvalue weighted by molar-refractivity contribution is -0.131. The quantitative estimate of drug-likeness (QED) is 0.696. The van der Waals surface area contributed by atoms with Gasteiger partial charge in [0.25, 0.3) is 0 Å². The van der Waals surface area contributed by atoms with Gasteiger partial charge in [-0.2, -0.15) is 0 Å². The number of likely N-dealkylation sites (tertiary alicyclic amines) is 1. The zero-order valence-electron chi connectivity index (χ0n) is 15.0. The Balaban J connectivity index is 1.51. The van der Waals surface area contributed by atoms with Gasteiger partial charge in [-0.3, -0.25) is 4.79 Å². The molecule has 26 heavy (non-hydrogen) atoms. The van der Waals surface area contributed by atoms with E-state index in [4.69, 9.17) is 0 Å². The molecular weight excluding hydrogens is 327 g/mol. The Morgan fingerprint density at radius 2 is 2.04 bits per heavy atom. The molecule has 0 unspecified atom stereocenters. The van der Waals surface area contributed by atoms with Crippen LogP contribution in [0.3, 0.4) is 0 Å². The smallest absolute Gasteiger partial charge is 0.227 e. The van der Waals surface area contributed by atoms with Gasteiger partial charge in [-0.1, -0.05) is 30.3 Å². The summed E-state index contributed by atoms with van der Waals surface area (Å²) in [7, 11) is 2.01. The van der Waals surface area contributed by atoms with E-state index in [1.807, 2.05) is 30.1 Å². The maximum Gasteiger partial charge on any atom is 0.227 e. The monoisotopic (exact) mass is 350 g/mol. The van der Waals surface area contributed by atoms with E-state index in [2.05, 4.69) is 22.9 Å². The number of amides is 1. The molecule has 1 aliphatic rings. The molecule has 1 amide bonds. The minimum atomic E-state index is -0.214. The van der Waals surface area contributed by atoms with Crippen LogP contribution in [0.25, 0.3) is 10.9 Å². The van der Waals surface area contributed by atoms with Gasteiger partial charge in [0.05, 0.1) is 6.42 Å². The minimum Gasteiger partial charge on any atom is -0.350 e. The molecule has 1 fully saturated rings. The molecule has 2 heterocycles. The molecule has 4 rings (SSSR count). The summed E-state index contributed by atoms with van der Waals surface area (Å²) in [6.45, 7) is 0.795. The topological polar surface area (TPSA) is 25.2 Å². The number of hydrogen-bond acceptors (Lipinski definition) is 1. The van der Waals surface area contributed by atoms with Crippen molar-refractivity contribution in [2.24, 2.45) is 7.05 Å². The summed E-state index contributed by atoms with van der Waals surface area (Å²) in [4.78, 5) is 15.0. The molecule has 3 aromatic rings. The Morgan fingerprint density at radius 1 is 1.19 bits per heavy atom. The van der Waals surface area contributed by atoms with Gasteiger partial charge in [0.2, 0.25) is 5.91 Å². The SMILES string of the molecule is Cn1cc(CC(=O)N2CCC[C@@H]2Cc2cccc(F)c2)c2ccccc21. The fourth-order valence-corrected chi connectivity index (χ4v) is 4.14. The van der Waals surface area contributed by atoms with E-state index >= 15 is 0 Å². The number of carbonyl (C=O) groups is 1. The molecule has 134 valence electrons. The molecule has 1 aliphatic heterocycles. The van der Waals surface area contributed by atoms with Crippen molar-refractivity contribution < 1.29 is 9.18 Å². The number of rotatable bonds is 4. The van der Waals surface area contributed by atoms with Gasteiger partial charge in [-0.05, 0) is 48.6 Å². The van der Waals surface area contributed by atoms with Crippen LogP contribution in [-0.4, -0.2) is 28.0 Å². The highest BCUT2D eigenvalue weighted by Crippen LogP contribution is 2.25. The Hall–Kier alpha value is -2.62. The molecule has 0 bridgehead atoms. The first kappa shape index (κ1) is 16.8. The fraction of sp³-hybridized carbons (Fsp3) is 0.318. The predicted octanol–water partition coefficient (Wildman–Crippen LogP) is 4.09. The van der Waals surface area contributed by atoms with Gasteiger partial charge < -0.3 is 9.47 Å². The molecule has 1 aromatic heterocycles. The second kappa shape index (κ2) is 6.94. The van der Waals surface area contributed by atoms with Crippen LogP contribution in [-0.2, 0) is 24.7 Å². The Morgan fingerprint density at radius 3 is 2.88 bits per heavy atom. The van der Waals surface area contributed by atoms with Gasteiger partial charge >= 0.3 is 0 Å². The van der Waals surface area contributed by atoms with Gasteiger partial charge in [-0.15, -0.1) is 0 Å². The van der Waals surface area contributed by atoms with Crippen LogP contribution in [0.1, 0.15) is 24.0 Å². The molecular formula is C22H23FN2O. The molecule has 0 N–H and O–H groups in total. The third kappa shape index (κ3) is 3.24. The van der Waals surface area contributed by atoms with E-state index in [-0.39, 0.29) is 17.8 Å². The second-order valence-electron chi connectivity index (χ2n) is 7.18. The predicted molar refractivity (Wildman–Crippen MR) is 101 cm³/mol. The molecule has 1 saturated heterocycles. The number of aryl methyl sites for hydroxylation is 1. The van der Waals surface area contributed by atoms with E-state index < -0.39 is 0 Å². The van der Waals surface area contributed by atoms with E-state index in [0.29, 0.717) is 6.42 Å². The summed E-state index contributed by atoms with van der Waals surface area (Å²) < 4.78 is 15.5. The van der Waals surface area contributed by atoms with Crippen molar-refractivity contribution in [2.45, 2.75) is 31.7 Å². The van der Waals surface area contributed by atoms with Crippen molar-refractivity contribution in [1.82, 2.24) is 9.47 Å². The third-order valence-corrected chi connectivity index (χ3v) is 5.38. The number of nitrogens with zero attached hydrogens (tertiary/aromatic N) is 2. The van der Waals surface area contributed by atoms with Crippen molar-refractivity contribution in [2.75, 3.05) is 6.54 Å². The molecule has 0 radical (unpaired) electrons. The highest BCUT2D eigenvalue weighted by Gasteiger charge is 2.29. The number of para-hydroxylation sites is 1. The van der Waals surface area contributed by atoms with Gasteiger partial charge in [-0.25, -0.2) is 4.39 Å². The lowest BCUT2D eigenvalue weighted by atomic mass is 10.0. The maximum absolute atomic E-state index is 13.5. The first-order valence-corrected chi connectivity index (χ1v) is 9.18. The van der Waals surface area contributed by atoms with Crippen LogP contribution in [0.15, 0.2) is 54.7 Å². The largest absolute Gasteiger partial charge is 0.350 e. The first-order valence-electron chi connectivity index (χ1n) is 9.18. The summed E-state index contributed by atoms with van der Waals surface area (Å²) in [5.74, 6) is -0.0469. The molecule has 0 aliphatic carbocycles. The summed E-state index contributed by atoms with van der Waals surface area (Å²) >= 11 is 0. The average Bonchev–Trinajstić information content (AvgIpc) is 3.21. The first-order chi connectivity index (χ1) is 12.6. The molecule has 4 heteroatoms. The van der Waals surface area contributed by atoms with Gasteiger partial charge in [0.1, 0.15) is 5.82 Å². The van der Waals surface area contributed by atoms with Gasteiger partial charge in [0.15, 0.2) is 0 Å². The molecule has 1 atom stereocenters. The van der Waals surface area contributed by atoms with E-state index in [0.717, 1.165) is 47.8 Å². The van der Waals surface area contributed by atoms with Crippen LogP contribution in [0.2, 0.25) is 0 Å². The summed E-state index contributed by atoms with van der Waals surface area (Å²) in [6, 6.07) is 15.1. The highest BCUT2D eigenvalue weighted by atomic mass is 19.1. The van der Waals surface area contributed by atoms with Crippen LogP contribution in [0, 0.1) is 5.82 Å². The summed E-state index contributed by atoms with van der Waals surface area (Å²) in [6.07, 6.45) is 5.19. The Kier molecular flexibility index (Phi) is 4.49. The standard InChI is InChI=1S/C22H23FN2O/c1-24-15-17(20-9-2-3-10-21(20)24)14-22(26)25-11-5-8-19(25)13-16-6-4-7-18(23)12-16/h2-4,6-7,9-10,12,15,19H,5,8,11,13-14H2,1H3/t19-/m1/s1. The van der Waals surface area contributed by atoms with Crippen molar-refractivity contribution in [1.29, 1.82) is 0 Å². The maximum atomic E-state index is 13.5. The highest BCUT2D eigenvalue weighted by molar-refractivity contribution is 5.89. The van der Waals surface area contributed by atoms with Gasteiger partial charge in [0, 0.05) is 36.7 Å². The second-order valence-corrected chi connectivity index (χ2v) is 7.18. The molecule has 2 aromatic carbocycles. The van der Waals surface area contributed by atoms with Crippen molar-refractivity contribution >= 4 is 16.8 Å². The third-order valence-electron chi connectivity index (χ3n) is 5.38. The van der Waals surface area contributed by atoms with Crippen molar-refractivity contribution in [3.05, 3.63) is 71.7 Å². The Bertz CT molecular complexity index is 946. The molecule has 3 nitrogen and oxygen atoms in total. The van der Waals surface area contributed by atoms with Crippen molar-refractivity contribution in [3.63, 3.8) is 0 Å². The number of aromatic nitrogens is 1. The lowest BCUT2D eigenvalue weighted by Crippen LogP contribution is -2.37. The van der Waals surface area contributed by atoms with E-state index in [9.17, 15) is 9.18 Å². The molecule has 0 saturated carbocycles. The number of fused-ring (bicyclic) bond motifs is 1. The van der Waals surface area contributed by atoms with E-state index in [1.54, 1.807) is 12.1 Å². The number of benzene rings is 2. The number of halogens is 1. The minimum absolute atomic E-state index is 0.166. The number of hydrogen-bond donors (Lipinski definition) is 0. The normalized spacial score (nSPS) is 17.2. The van der Waals surface area contributed by atoms with Crippen LogP contribution < -0.4 is 0 Å². The number of carbonyl (C=O) groups excluding carboxylic acids is 1. The van der Waals surface area contributed by atoms with Crippen molar-refractivity contribution in [3.8, 4) is 0 Å². The van der Waals surface area contributed by atoms with Crippen LogP contribution >= 0.6 is 0 Å². The zero-order valence-corrected chi connectivity index (χ0v) is 15.0. The van der Waals surface area contributed by atoms with Crippen LogP contribution in [0.5, 0.6) is 0 Å².